The van der Waals surface area contributed by atoms with Crippen LogP contribution in [0, 0.1) is 19.7 Å². The summed E-state index contributed by atoms with van der Waals surface area (Å²) in [4.78, 5) is 24.7. The van der Waals surface area contributed by atoms with Crippen molar-refractivity contribution in [2.45, 2.75) is 26.7 Å². The SMILES string of the molecule is Cc1ncn(-c2cc(NCCNC(=O)CCc3ccc(F)c(Cl)c3)ncn2)c1C. The highest BCUT2D eigenvalue weighted by molar-refractivity contribution is 6.30. The molecule has 0 saturated carbocycles. The van der Waals surface area contributed by atoms with Crippen molar-refractivity contribution in [1.29, 1.82) is 0 Å². The standard InChI is InChI=1S/C20H22ClFN6O/c1-13-14(2)28(12-27-13)19-10-18(25-11-26-19)23-7-8-24-20(29)6-4-15-3-5-17(22)16(21)9-15/h3,5,9-12H,4,6-8H2,1-2H3,(H,24,29)(H,23,25,26). The van der Waals surface area contributed by atoms with Crippen molar-refractivity contribution in [3.8, 4) is 5.82 Å². The molecule has 0 radical (unpaired) electrons. The summed E-state index contributed by atoms with van der Waals surface area (Å²) in [6, 6.07) is 6.31. The second-order valence-corrected chi connectivity index (χ2v) is 6.98. The molecule has 2 N–H and O–H groups in total. The lowest BCUT2D eigenvalue weighted by molar-refractivity contribution is -0.120. The molecule has 1 amide bonds. The number of rotatable bonds is 8. The van der Waals surface area contributed by atoms with Gasteiger partial charge in [-0.05, 0) is 38.0 Å². The third-order valence-electron chi connectivity index (χ3n) is 4.53. The summed E-state index contributed by atoms with van der Waals surface area (Å²) < 4.78 is 15.0. The number of amides is 1. The first-order valence-electron chi connectivity index (χ1n) is 9.21. The Balaban J connectivity index is 1.43. The molecule has 29 heavy (non-hydrogen) atoms. The largest absolute Gasteiger partial charge is 0.368 e. The first-order valence-corrected chi connectivity index (χ1v) is 9.59. The van der Waals surface area contributed by atoms with Gasteiger partial charge in [0.1, 0.15) is 30.1 Å². The number of anilines is 1. The van der Waals surface area contributed by atoms with Crippen molar-refractivity contribution in [2.24, 2.45) is 0 Å². The Kier molecular flexibility index (Phi) is 6.77. The molecule has 7 nitrogen and oxygen atoms in total. The monoisotopic (exact) mass is 416 g/mol. The van der Waals surface area contributed by atoms with E-state index in [1.807, 2.05) is 24.5 Å². The highest BCUT2D eigenvalue weighted by Crippen LogP contribution is 2.17. The minimum atomic E-state index is -0.461. The second-order valence-electron chi connectivity index (χ2n) is 6.57. The zero-order chi connectivity index (χ0) is 20.8. The van der Waals surface area contributed by atoms with Crippen LogP contribution >= 0.6 is 11.6 Å². The fraction of sp³-hybridized carbons (Fsp3) is 0.300. The lowest BCUT2D eigenvalue weighted by Gasteiger charge is -2.09. The molecule has 0 atom stereocenters. The Hall–Kier alpha value is -3.00. The maximum Gasteiger partial charge on any atom is 0.220 e. The minimum Gasteiger partial charge on any atom is -0.368 e. The first-order chi connectivity index (χ1) is 13.9. The van der Waals surface area contributed by atoms with E-state index in [0.717, 1.165) is 22.8 Å². The molecule has 0 saturated heterocycles. The van der Waals surface area contributed by atoms with E-state index in [9.17, 15) is 9.18 Å². The van der Waals surface area contributed by atoms with Gasteiger partial charge >= 0.3 is 0 Å². The van der Waals surface area contributed by atoms with Gasteiger partial charge in [0, 0.05) is 31.3 Å². The average molecular weight is 417 g/mol. The smallest absolute Gasteiger partial charge is 0.220 e. The maximum absolute atomic E-state index is 13.2. The predicted molar refractivity (Wildman–Crippen MR) is 110 cm³/mol. The summed E-state index contributed by atoms with van der Waals surface area (Å²) in [6.07, 6.45) is 4.02. The van der Waals surface area contributed by atoms with Gasteiger partial charge in [0.05, 0.1) is 10.7 Å². The van der Waals surface area contributed by atoms with Crippen LogP contribution in [0.25, 0.3) is 5.82 Å². The van der Waals surface area contributed by atoms with E-state index < -0.39 is 5.82 Å². The summed E-state index contributed by atoms with van der Waals surface area (Å²) in [5.41, 5.74) is 2.79. The third kappa shape index (κ3) is 5.51. The number of hydrogen-bond donors (Lipinski definition) is 2. The maximum atomic E-state index is 13.2. The van der Waals surface area contributed by atoms with Gasteiger partial charge in [-0.15, -0.1) is 0 Å². The van der Waals surface area contributed by atoms with Crippen LogP contribution in [0.5, 0.6) is 0 Å². The Bertz CT molecular complexity index is 1010. The molecule has 0 aliphatic rings. The Labute approximate surface area is 173 Å². The number of imidazole rings is 1. The van der Waals surface area contributed by atoms with Crippen LogP contribution in [0.1, 0.15) is 23.4 Å². The van der Waals surface area contributed by atoms with Gasteiger partial charge in [0.2, 0.25) is 5.91 Å². The summed E-state index contributed by atoms with van der Waals surface area (Å²) in [7, 11) is 0. The first kappa shape index (κ1) is 20.7. The highest BCUT2D eigenvalue weighted by Gasteiger charge is 2.07. The Morgan fingerprint density at radius 1 is 1.17 bits per heavy atom. The van der Waals surface area contributed by atoms with Crippen LogP contribution in [0.4, 0.5) is 10.2 Å². The zero-order valence-corrected chi connectivity index (χ0v) is 17.0. The van der Waals surface area contributed by atoms with Crippen molar-refractivity contribution in [1.82, 2.24) is 24.8 Å². The molecule has 0 unspecified atom stereocenters. The van der Waals surface area contributed by atoms with Gasteiger partial charge in [0.15, 0.2) is 0 Å². The van der Waals surface area contributed by atoms with Crippen LogP contribution < -0.4 is 10.6 Å². The van der Waals surface area contributed by atoms with Crippen LogP contribution in [0.2, 0.25) is 5.02 Å². The fourth-order valence-corrected chi connectivity index (χ4v) is 2.94. The number of nitrogens with zero attached hydrogens (tertiary/aromatic N) is 4. The molecule has 2 aromatic heterocycles. The molecule has 9 heteroatoms. The topological polar surface area (TPSA) is 84.7 Å². The molecule has 0 bridgehead atoms. The number of nitrogens with one attached hydrogen (secondary N) is 2. The van der Waals surface area contributed by atoms with E-state index in [0.29, 0.717) is 31.7 Å². The van der Waals surface area contributed by atoms with Crippen LogP contribution in [0.3, 0.4) is 0 Å². The predicted octanol–water partition coefficient (Wildman–Crippen LogP) is 3.23. The van der Waals surface area contributed by atoms with Crippen LogP contribution in [-0.4, -0.2) is 38.5 Å². The molecule has 0 spiro atoms. The number of benzene rings is 1. The number of halogens is 2. The summed E-state index contributed by atoms with van der Waals surface area (Å²) >= 11 is 5.75. The molecule has 1 aromatic carbocycles. The van der Waals surface area contributed by atoms with E-state index >= 15 is 0 Å². The highest BCUT2D eigenvalue weighted by atomic mass is 35.5. The molecule has 2 heterocycles. The second kappa shape index (κ2) is 9.47. The quantitative estimate of drug-likeness (QED) is 0.551. The summed E-state index contributed by atoms with van der Waals surface area (Å²) in [6.45, 7) is 4.89. The lowest BCUT2D eigenvalue weighted by Crippen LogP contribution is -2.29. The third-order valence-corrected chi connectivity index (χ3v) is 4.82. The molecule has 152 valence electrons. The number of aromatic nitrogens is 4. The number of carbonyl (C=O) groups is 1. The normalized spacial score (nSPS) is 10.8. The summed E-state index contributed by atoms with van der Waals surface area (Å²) in [5.74, 6) is 0.843. The van der Waals surface area contributed by atoms with Crippen LogP contribution in [0.15, 0.2) is 36.9 Å². The average Bonchev–Trinajstić information content (AvgIpc) is 3.05. The van der Waals surface area contributed by atoms with Crippen molar-refractivity contribution < 1.29 is 9.18 Å². The fourth-order valence-electron chi connectivity index (χ4n) is 2.74. The number of carbonyl (C=O) groups excluding carboxylic acids is 1. The van der Waals surface area contributed by atoms with Crippen molar-refractivity contribution >= 4 is 23.3 Å². The molecule has 0 aliphatic carbocycles. The molecule has 0 aliphatic heterocycles. The van der Waals surface area contributed by atoms with Gasteiger partial charge in [0.25, 0.3) is 0 Å². The van der Waals surface area contributed by atoms with Gasteiger partial charge in [-0.25, -0.2) is 19.3 Å². The number of hydrogen-bond acceptors (Lipinski definition) is 5. The van der Waals surface area contributed by atoms with E-state index in [2.05, 4.69) is 25.6 Å². The van der Waals surface area contributed by atoms with Gasteiger partial charge < -0.3 is 10.6 Å². The minimum absolute atomic E-state index is 0.0670. The van der Waals surface area contributed by atoms with Crippen LogP contribution in [-0.2, 0) is 11.2 Å². The molecule has 0 fully saturated rings. The van der Waals surface area contributed by atoms with Crippen molar-refractivity contribution in [2.75, 3.05) is 18.4 Å². The van der Waals surface area contributed by atoms with Gasteiger partial charge in [-0.1, -0.05) is 17.7 Å². The van der Waals surface area contributed by atoms with Gasteiger partial charge in [-0.3, -0.25) is 9.36 Å². The van der Waals surface area contributed by atoms with Crippen molar-refractivity contribution in [3.63, 3.8) is 0 Å². The van der Waals surface area contributed by atoms with E-state index in [-0.39, 0.29) is 10.9 Å². The summed E-state index contributed by atoms with van der Waals surface area (Å²) in [5, 5.41) is 6.07. The molecule has 3 rings (SSSR count). The van der Waals surface area contributed by atoms with Crippen molar-refractivity contribution in [3.05, 3.63) is 64.7 Å². The lowest BCUT2D eigenvalue weighted by atomic mass is 10.1. The zero-order valence-electron chi connectivity index (χ0n) is 16.2. The van der Waals surface area contributed by atoms with E-state index in [4.69, 9.17) is 11.6 Å². The number of aryl methyl sites for hydroxylation is 2. The molecular formula is C20H22ClFN6O. The Morgan fingerprint density at radius 2 is 2.00 bits per heavy atom. The van der Waals surface area contributed by atoms with E-state index in [1.165, 1.54) is 12.4 Å². The molecular weight excluding hydrogens is 395 g/mol. The Morgan fingerprint density at radius 3 is 2.72 bits per heavy atom. The van der Waals surface area contributed by atoms with E-state index in [1.54, 1.807) is 18.5 Å². The molecule has 3 aromatic rings. The van der Waals surface area contributed by atoms with Gasteiger partial charge in [-0.2, -0.15) is 0 Å².